The molecule has 2 heterocycles. The molecular weight excluding hydrogens is 630 g/mol. The number of hydrogen-bond donors (Lipinski definition) is 1. The number of carbonyl (C=O) groups excluding carboxylic acids is 1. The fraction of sp³-hybridized carbons (Fsp3) is 0.147. The molecule has 0 bridgehead atoms. The predicted molar refractivity (Wildman–Crippen MR) is 175 cm³/mol. The molecule has 0 aliphatic heterocycles. The zero-order valence-electron chi connectivity index (χ0n) is 25.7. The van der Waals surface area contributed by atoms with Crippen molar-refractivity contribution >= 4 is 43.5 Å². The van der Waals surface area contributed by atoms with Gasteiger partial charge in [-0.3, -0.25) is 18.5 Å². The molecule has 0 aliphatic rings. The van der Waals surface area contributed by atoms with Crippen molar-refractivity contribution in [3.05, 3.63) is 112 Å². The van der Waals surface area contributed by atoms with Crippen LogP contribution in [0.25, 0.3) is 44.3 Å². The summed E-state index contributed by atoms with van der Waals surface area (Å²) in [7, 11) is 0.517. The van der Waals surface area contributed by atoms with Crippen molar-refractivity contribution in [3.63, 3.8) is 0 Å². The number of carbonyl (C=O) groups is 1. The Kier molecular flexibility index (Phi) is 8.01. The highest BCUT2D eigenvalue weighted by Crippen LogP contribution is 2.41. The van der Waals surface area contributed by atoms with Crippen molar-refractivity contribution in [2.45, 2.75) is 6.54 Å². The van der Waals surface area contributed by atoms with Gasteiger partial charge in [0.05, 0.1) is 48.4 Å². The Morgan fingerprint density at radius 3 is 2.36 bits per heavy atom. The summed E-state index contributed by atoms with van der Waals surface area (Å²) in [6.45, 7) is 0.0894. The second-order valence-electron chi connectivity index (χ2n) is 10.9. The van der Waals surface area contributed by atoms with E-state index in [1.165, 1.54) is 80.6 Å². The quantitative estimate of drug-likeness (QED) is 0.227. The number of benzene rings is 4. The molecule has 0 radical (unpaired) electrons. The van der Waals surface area contributed by atoms with Gasteiger partial charge in [-0.25, -0.2) is 22.2 Å². The van der Waals surface area contributed by atoms with E-state index in [9.17, 15) is 26.8 Å². The first kappa shape index (κ1) is 31.4. The van der Waals surface area contributed by atoms with Gasteiger partial charge in [0.15, 0.2) is 0 Å². The summed E-state index contributed by atoms with van der Waals surface area (Å²) in [4.78, 5) is 31.2. The van der Waals surface area contributed by atoms with Gasteiger partial charge in [0.2, 0.25) is 10.0 Å². The number of sulfonamides is 1. The highest BCUT2D eigenvalue weighted by atomic mass is 32.2. The zero-order chi connectivity index (χ0) is 33.6. The number of furan rings is 1. The Balaban J connectivity index is 1.53. The van der Waals surface area contributed by atoms with Crippen LogP contribution in [0.3, 0.4) is 0 Å². The molecule has 0 atom stereocenters. The first-order valence-electron chi connectivity index (χ1n) is 14.2. The summed E-state index contributed by atoms with van der Waals surface area (Å²) in [6.07, 6.45) is 2.43. The second kappa shape index (κ2) is 12.0. The lowest BCUT2D eigenvalue weighted by Gasteiger charge is -2.21. The molecule has 2 aromatic heterocycles. The van der Waals surface area contributed by atoms with Crippen LogP contribution < -0.4 is 19.9 Å². The molecule has 0 saturated heterocycles. The summed E-state index contributed by atoms with van der Waals surface area (Å²) >= 11 is 0. The van der Waals surface area contributed by atoms with Crippen molar-refractivity contribution in [1.82, 2.24) is 14.9 Å². The van der Waals surface area contributed by atoms with E-state index >= 15 is 0 Å². The van der Waals surface area contributed by atoms with Crippen LogP contribution in [0, 0.1) is 11.6 Å². The SMILES string of the molecule is CNC(=O)c1c(-c2ccc(F)cc2)oc2cc(N(C)S(C)(=O)=O)c(-c3ccc4c(=O)n(Cc5ccc(F)cc5OC)cnc4c3)cc12. The lowest BCUT2D eigenvalue weighted by atomic mass is 9.97. The van der Waals surface area contributed by atoms with E-state index in [4.69, 9.17) is 9.15 Å². The van der Waals surface area contributed by atoms with Crippen LogP contribution in [0.4, 0.5) is 14.5 Å². The van der Waals surface area contributed by atoms with E-state index in [-0.39, 0.29) is 34.7 Å². The fourth-order valence-corrected chi connectivity index (χ4v) is 5.94. The molecule has 0 unspecified atom stereocenters. The van der Waals surface area contributed by atoms with Crippen LogP contribution in [-0.2, 0) is 16.6 Å². The number of hydrogen-bond acceptors (Lipinski definition) is 7. The van der Waals surface area contributed by atoms with E-state index in [2.05, 4.69) is 10.3 Å². The second-order valence-corrected chi connectivity index (χ2v) is 12.9. The molecule has 10 nitrogen and oxygen atoms in total. The average molecular weight is 659 g/mol. The first-order valence-corrected chi connectivity index (χ1v) is 16.1. The lowest BCUT2D eigenvalue weighted by Crippen LogP contribution is -2.25. The molecule has 0 fully saturated rings. The van der Waals surface area contributed by atoms with E-state index in [1.807, 2.05) is 0 Å². The molecule has 240 valence electrons. The van der Waals surface area contributed by atoms with Crippen LogP contribution in [0.2, 0.25) is 0 Å². The van der Waals surface area contributed by atoms with Crippen molar-refractivity contribution in [1.29, 1.82) is 0 Å². The lowest BCUT2D eigenvalue weighted by molar-refractivity contribution is 0.0964. The van der Waals surface area contributed by atoms with Crippen LogP contribution in [0.5, 0.6) is 5.75 Å². The van der Waals surface area contributed by atoms with Crippen molar-refractivity contribution < 1.29 is 31.1 Å². The first-order chi connectivity index (χ1) is 22.4. The van der Waals surface area contributed by atoms with Gasteiger partial charge >= 0.3 is 0 Å². The average Bonchev–Trinajstić information content (AvgIpc) is 3.43. The van der Waals surface area contributed by atoms with Gasteiger partial charge in [-0.1, -0.05) is 12.1 Å². The smallest absolute Gasteiger partial charge is 0.261 e. The Morgan fingerprint density at radius 2 is 1.68 bits per heavy atom. The van der Waals surface area contributed by atoms with Gasteiger partial charge in [0.25, 0.3) is 11.5 Å². The van der Waals surface area contributed by atoms with Gasteiger partial charge in [-0.15, -0.1) is 0 Å². The monoisotopic (exact) mass is 658 g/mol. The highest BCUT2D eigenvalue weighted by molar-refractivity contribution is 7.92. The van der Waals surface area contributed by atoms with Gasteiger partial charge < -0.3 is 14.5 Å². The Morgan fingerprint density at radius 1 is 0.979 bits per heavy atom. The van der Waals surface area contributed by atoms with Crippen LogP contribution in [0.1, 0.15) is 15.9 Å². The zero-order valence-corrected chi connectivity index (χ0v) is 26.5. The van der Waals surface area contributed by atoms with Crippen LogP contribution >= 0.6 is 0 Å². The van der Waals surface area contributed by atoms with Crippen molar-refractivity contribution in [2.24, 2.45) is 0 Å². The maximum Gasteiger partial charge on any atom is 0.261 e. The minimum absolute atomic E-state index is 0.0894. The number of amides is 1. The minimum atomic E-state index is -3.76. The Bertz CT molecular complexity index is 2370. The summed E-state index contributed by atoms with van der Waals surface area (Å²) in [5.41, 5.74) is 2.63. The molecule has 0 saturated carbocycles. The molecule has 1 amide bonds. The van der Waals surface area contributed by atoms with Gasteiger partial charge in [0, 0.05) is 48.3 Å². The number of nitrogens with one attached hydrogen (secondary N) is 1. The molecule has 6 aromatic rings. The Labute approximate surface area is 267 Å². The number of rotatable bonds is 8. The number of nitrogens with zero attached hydrogens (tertiary/aromatic N) is 3. The molecule has 47 heavy (non-hydrogen) atoms. The number of aromatic nitrogens is 2. The number of methoxy groups -OCH3 is 1. The molecule has 13 heteroatoms. The third kappa shape index (κ3) is 5.81. The summed E-state index contributed by atoms with van der Waals surface area (Å²) in [6, 6.07) is 17.6. The van der Waals surface area contributed by atoms with E-state index in [0.717, 1.165) is 10.6 Å². The maximum atomic E-state index is 13.7. The fourth-order valence-electron chi connectivity index (χ4n) is 5.43. The number of ether oxygens (including phenoxy) is 1. The van der Waals surface area contributed by atoms with Gasteiger partial charge in [-0.2, -0.15) is 0 Å². The third-order valence-electron chi connectivity index (χ3n) is 7.93. The summed E-state index contributed by atoms with van der Waals surface area (Å²) < 4.78 is 66.8. The van der Waals surface area contributed by atoms with E-state index in [1.54, 1.807) is 24.3 Å². The molecule has 0 aliphatic carbocycles. The molecule has 1 N–H and O–H groups in total. The summed E-state index contributed by atoms with van der Waals surface area (Å²) in [5, 5.41) is 3.30. The van der Waals surface area contributed by atoms with Gasteiger partial charge in [-0.05, 0) is 54.1 Å². The van der Waals surface area contributed by atoms with Gasteiger partial charge in [0.1, 0.15) is 28.7 Å². The van der Waals surface area contributed by atoms with Crippen LogP contribution in [0.15, 0.2) is 88.3 Å². The van der Waals surface area contributed by atoms with E-state index in [0.29, 0.717) is 44.3 Å². The topological polar surface area (TPSA) is 124 Å². The number of halogens is 2. The van der Waals surface area contributed by atoms with Crippen LogP contribution in [-0.4, -0.2) is 51.3 Å². The summed E-state index contributed by atoms with van der Waals surface area (Å²) in [5.74, 6) is -0.911. The highest BCUT2D eigenvalue weighted by Gasteiger charge is 2.26. The van der Waals surface area contributed by atoms with Crippen molar-refractivity contribution in [2.75, 3.05) is 31.8 Å². The molecule has 4 aromatic carbocycles. The van der Waals surface area contributed by atoms with E-state index < -0.39 is 27.6 Å². The third-order valence-corrected chi connectivity index (χ3v) is 9.12. The molecular formula is C34H28F2N4O6S. The minimum Gasteiger partial charge on any atom is -0.496 e. The largest absolute Gasteiger partial charge is 0.496 e. The number of anilines is 1. The Hall–Kier alpha value is -5.56. The molecule has 6 rings (SSSR count). The normalized spacial score (nSPS) is 11.6. The maximum absolute atomic E-state index is 13.7. The predicted octanol–water partition coefficient (Wildman–Crippen LogP) is 5.57. The number of fused-ring (bicyclic) bond motifs is 2. The van der Waals surface area contributed by atoms with Crippen molar-refractivity contribution in [3.8, 4) is 28.2 Å². The molecule has 0 spiro atoms. The standard InChI is InChI=1S/C34H28F2N4O6S/c1-37-33(41)31-26-15-25(28(39(2)47(4,43)44)16-30(26)46-32(31)19-5-9-22(35)10-6-19)20-8-12-24-27(13-20)38-18-40(34(24)42)17-21-7-11-23(36)14-29(21)45-3/h5-16,18H,17H2,1-4H3,(H,37,41).